The molecule has 3 N–H and O–H groups in total. The summed E-state index contributed by atoms with van der Waals surface area (Å²) in [5.74, 6) is 6.01. The molecule has 4 rings (SSSR count). The second kappa shape index (κ2) is 36.3. The molecule has 1 radical (unpaired) electrons. The molecule has 0 amide bonds. The summed E-state index contributed by atoms with van der Waals surface area (Å²) in [5, 5.41) is 11.4. The molecular weight excluding hydrogens is 970 g/mol. The van der Waals surface area contributed by atoms with E-state index in [1.54, 1.807) is 14.2 Å². The van der Waals surface area contributed by atoms with Crippen molar-refractivity contribution in [3.63, 3.8) is 0 Å². The first-order valence-electron chi connectivity index (χ1n) is 29.0. The molecule has 11 heteroatoms. The van der Waals surface area contributed by atoms with Crippen molar-refractivity contribution in [3.8, 4) is 23.0 Å². The molecule has 76 heavy (non-hydrogen) atoms. The van der Waals surface area contributed by atoms with Crippen LogP contribution in [0.2, 0.25) is 5.02 Å². The van der Waals surface area contributed by atoms with Gasteiger partial charge in [-0.2, -0.15) is 0 Å². The number of hydrogen-bond donors (Lipinski definition) is 3. The highest BCUT2D eigenvalue weighted by Crippen LogP contribution is 2.65. The number of nitrogens with one attached hydrogen (secondary N) is 3. The van der Waals surface area contributed by atoms with Gasteiger partial charge >= 0.3 is 0 Å². The average molecular weight is 1070 g/mol. The Kier molecular flexibility index (Phi) is 30.9. The molecule has 0 saturated heterocycles. The topological polar surface area (TPSA) is 101 Å². The Bertz CT molecular complexity index is 2160. The molecule has 0 spiro atoms. The molecule has 10 nitrogen and oxygen atoms in total. The lowest BCUT2D eigenvalue weighted by Crippen LogP contribution is -2.54. The summed E-state index contributed by atoms with van der Waals surface area (Å²) in [4.78, 5) is 0. The normalized spacial score (nSPS) is 13.8. The fourth-order valence-electron chi connectivity index (χ4n) is 10.8. The standard InChI is InChI=1S/C65H101ClN3O7/c1-12-72-39-18-33-68-36-42-74-58-23-14-20-53(46-58)61(28-26-50(3)4)65(56-22-16-25-60(48-56)76-43-37-69-34-19-40-73-13-2,64(9,31-30-51(5)6)49-55-45-57(66)27-29-63(55)71-11)62(44-52(7)8)54-21-15-24-59(47-54)75-41-35-67-32-17-38-70-10/h14-16,20-25,27,29,45-48,50-52,62,67-69H,12-13,17-19,26,28,30-44,49H2,1-11H3. The number of methoxy groups -OCH3 is 2. The Labute approximate surface area is 466 Å². The van der Waals surface area contributed by atoms with Crippen molar-refractivity contribution in [1.82, 2.24) is 16.0 Å². The summed E-state index contributed by atoms with van der Waals surface area (Å²) in [6, 6.07) is 33.3. The lowest BCUT2D eigenvalue weighted by atomic mass is 9.43. The molecule has 0 aliphatic rings. The highest BCUT2D eigenvalue weighted by molar-refractivity contribution is 6.30. The molecule has 4 aromatic rings. The maximum Gasteiger partial charge on any atom is 0.122 e. The van der Waals surface area contributed by atoms with Crippen LogP contribution in [0.3, 0.4) is 0 Å². The summed E-state index contributed by atoms with van der Waals surface area (Å²) >= 11 is 7.03. The van der Waals surface area contributed by atoms with Crippen molar-refractivity contribution in [1.29, 1.82) is 0 Å². The van der Waals surface area contributed by atoms with Gasteiger partial charge in [0, 0.05) is 76.1 Å². The van der Waals surface area contributed by atoms with Gasteiger partial charge in [-0.15, -0.1) is 0 Å². The zero-order chi connectivity index (χ0) is 55.0. The maximum atomic E-state index is 7.03. The molecule has 4 aromatic carbocycles. The smallest absolute Gasteiger partial charge is 0.122 e. The minimum Gasteiger partial charge on any atom is -0.496 e. The van der Waals surface area contributed by atoms with Gasteiger partial charge in [-0.05, 0) is 184 Å². The van der Waals surface area contributed by atoms with Gasteiger partial charge in [-0.1, -0.05) is 109 Å². The van der Waals surface area contributed by atoms with Gasteiger partial charge in [0.05, 0.1) is 7.11 Å². The van der Waals surface area contributed by atoms with E-state index in [-0.39, 0.29) is 5.92 Å². The molecule has 0 fully saturated rings. The minimum absolute atomic E-state index is 0.0413. The van der Waals surface area contributed by atoms with E-state index in [0.717, 1.165) is 152 Å². The van der Waals surface area contributed by atoms with Crippen LogP contribution in [0.25, 0.3) is 0 Å². The van der Waals surface area contributed by atoms with Crippen LogP contribution < -0.4 is 34.9 Å². The van der Waals surface area contributed by atoms with Gasteiger partial charge in [-0.25, -0.2) is 0 Å². The predicted molar refractivity (Wildman–Crippen MR) is 317 cm³/mol. The third-order valence-electron chi connectivity index (χ3n) is 14.5. The third-order valence-corrected chi connectivity index (χ3v) is 14.7. The lowest BCUT2D eigenvalue weighted by molar-refractivity contribution is 0.0836. The first kappa shape index (κ1) is 64.7. The van der Waals surface area contributed by atoms with Crippen molar-refractivity contribution < 1.29 is 33.2 Å². The van der Waals surface area contributed by atoms with Crippen LogP contribution in [0.15, 0.2) is 91.0 Å². The summed E-state index contributed by atoms with van der Waals surface area (Å²) < 4.78 is 42.9. The van der Waals surface area contributed by atoms with Gasteiger partial charge in [-0.3, -0.25) is 0 Å². The summed E-state index contributed by atoms with van der Waals surface area (Å²) in [5.41, 5.74) is 3.64. The Morgan fingerprint density at radius 2 is 1.13 bits per heavy atom. The van der Waals surface area contributed by atoms with E-state index in [2.05, 4.69) is 143 Å². The van der Waals surface area contributed by atoms with E-state index in [1.807, 2.05) is 26.0 Å². The van der Waals surface area contributed by atoms with Crippen molar-refractivity contribution in [3.05, 3.63) is 124 Å². The van der Waals surface area contributed by atoms with E-state index < -0.39 is 10.8 Å². The average Bonchev–Trinajstić information content (AvgIpc) is 3.54. The fourth-order valence-corrected chi connectivity index (χ4v) is 11.0. The number of halogens is 1. The monoisotopic (exact) mass is 1070 g/mol. The zero-order valence-electron chi connectivity index (χ0n) is 49.0. The Hall–Kier alpha value is -3.87. The van der Waals surface area contributed by atoms with Crippen molar-refractivity contribution >= 4 is 11.6 Å². The Balaban J connectivity index is 2.10. The Morgan fingerprint density at radius 1 is 0.579 bits per heavy atom. The van der Waals surface area contributed by atoms with Gasteiger partial charge in [0.1, 0.15) is 42.8 Å². The molecule has 3 atom stereocenters. The van der Waals surface area contributed by atoms with Crippen LogP contribution in [0, 0.1) is 29.1 Å². The highest BCUT2D eigenvalue weighted by Gasteiger charge is 2.59. The van der Waals surface area contributed by atoms with Crippen LogP contribution in [0.1, 0.15) is 142 Å². The van der Waals surface area contributed by atoms with Crippen LogP contribution in [-0.4, -0.2) is 106 Å². The minimum atomic E-state index is -0.673. The second-order valence-electron chi connectivity index (χ2n) is 21.9. The summed E-state index contributed by atoms with van der Waals surface area (Å²) in [6.45, 7) is 31.1. The van der Waals surface area contributed by atoms with E-state index in [4.69, 9.17) is 44.8 Å². The third kappa shape index (κ3) is 21.4. The molecule has 0 saturated carbocycles. The maximum absolute atomic E-state index is 7.03. The van der Waals surface area contributed by atoms with Crippen LogP contribution in [0.5, 0.6) is 23.0 Å². The largest absolute Gasteiger partial charge is 0.496 e. The molecule has 0 heterocycles. The molecule has 0 aliphatic heterocycles. The zero-order valence-corrected chi connectivity index (χ0v) is 49.7. The first-order valence-corrected chi connectivity index (χ1v) is 29.3. The van der Waals surface area contributed by atoms with E-state index in [9.17, 15) is 0 Å². The van der Waals surface area contributed by atoms with E-state index in [1.165, 1.54) is 22.6 Å². The Morgan fingerprint density at radius 3 is 1.68 bits per heavy atom. The fraction of sp³-hybridized carbons (Fsp3) is 0.615. The molecular formula is C65H101ClN3O7. The predicted octanol–water partition coefficient (Wildman–Crippen LogP) is 14.0. The summed E-state index contributed by atoms with van der Waals surface area (Å²) in [7, 11) is 3.53. The number of hydrogen-bond acceptors (Lipinski definition) is 10. The number of ether oxygens (including phenoxy) is 7. The molecule has 425 valence electrons. The second-order valence-corrected chi connectivity index (χ2v) is 22.3. The molecule has 0 aromatic heterocycles. The van der Waals surface area contributed by atoms with Crippen LogP contribution >= 0.6 is 11.6 Å². The van der Waals surface area contributed by atoms with Crippen molar-refractivity contribution in [2.45, 2.75) is 131 Å². The van der Waals surface area contributed by atoms with Gasteiger partial charge in [0.15, 0.2) is 0 Å². The van der Waals surface area contributed by atoms with E-state index >= 15 is 0 Å². The van der Waals surface area contributed by atoms with Gasteiger partial charge in [0.25, 0.3) is 0 Å². The molecule has 3 unspecified atom stereocenters. The van der Waals surface area contributed by atoms with Gasteiger partial charge < -0.3 is 49.1 Å². The SMILES string of the molecule is CCOCCCNCCOc1cccc([C](CCC(C)C)C(c2cccc(OCCNCCCOCC)c2)(C(CC(C)C)c2cccc(OCCNCCCOC)c2)C(C)(CCC(C)C)Cc2cc(Cl)ccc2OC)c1. The lowest BCUT2D eigenvalue weighted by Gasteiger charge is -2.59. The van der Waals surface area contributed by atoms with Gasteiger partial charge in [0.2, 0.25) is 0 Å². The van der Waals surface area contributed by atoms with Crippen LogP contribution in [0.4, 0.5) is 0 Å². The highest BCUT2D eigenvalue weighted by atomic mass is 35.5. The molecule has 0 aliphatic carbocycles. The number of rotatable bonds is 43. The van der Waals surface area contributed by atoms with E-state index in [0.29, 0.717) is 49.0 Å². The first-order chi connectivity index (χ1) is 36.8. The number of benzene rings is 4. The molecule has 0 bridgehead atoms. The quantitative estimate of drug-likeness (QED) is 0.0372. The van der Waals surface area contributed by atoms with Crippen LogP contribution in [-0.2, 0) is 26.0 Å². The van der Waals surface area contributed by atoms with Crippen molar-refractivity contribution in [2.24, 2.45) is 23.2 Å². The summed E-state index contributed by atoms with van der Waals surface area (Å²) in [6.07, 6.45) is 8.28. The van der Waals surface area contributed by atoms with Crippen molar-refractivity contribution in [2.75, 3.05) is 106 Å².